The summed E-state index contributed by atoms with van der Waals surface area (Å²) >= 11 is 0. The summed E-state index contributed by atoms with van der Waals surface area (Å²) in [6, 6.07) is 2.11. The summed E-state index contributed by atoms with van der Waals surface area (Å²) in [5.41, 5.74) is -0.191. The molecule has 0 saturated heterocycles. The van der Waals surface area contributed by atoms with Gasteiger partial charge in [-0.2, -0.15) is 5.26 Å². The van der Waals surface area contributed by atoms with Gasteiger partial charge < -0.3 is 10.4 Å². The van der Waals surface area contributed by atoms with E-state index in [2.05, 4.69) is 5.32 Å². The zero-order valence-electron chi connectivity index (χ0n) is 10.3. The molecule has 96 valence electrons. The van der Waals surface area contributed by atoms with Gasteiger partial charge in [0.25, 0.3) is 0 Å². The molecule has 0 radical (unpaired) electrons. The monoisotopic (exact) mass is 246 g/mol. The highest BCUT2D eigenvalue weighted by Gasteiger charge is 2.47. The number of carbonyl (C=O) groups is 1. The molecule has 4 aliphatic carbocycles. The second-order valence-corrected chi connectivity index (χ2v) is 6.10. The number of nitrogens with one attached hydrogen (secondary N) is 1. The van der Waals surface area contributed by atoms with E-state index in [0.717, 1.165) is 11.8 Å². The Kier molecular flexibility index (Phi) is 2.77. The molecule has 0 aromatic carbocycles. The minimum atomic E-state index is -1.14. The lowest BCUT2D eigenvalue weighted by molar-refractivity contribution is -0.132. The maximum absolute atomic E-state index is 10.8. The number of carboxylic acids is 1. The van der Waals surface area contributed by atoms with E-state index in [4.69, 9.17) is 10.4 Å². The van der Waals surface area contributed by atoms with Crippen molar-refractivity contribution in [1.29, 1.82) is 5.26 Å². The molecular weight excluding hydrogens is 228 g/mol. The van der Waals surface area contributed by atoms with Gasteiger partial charge in [0.05, 0.1) is 0 Å². The molecule has 4 heteroatoms. The predicted octanol–water partition coefficient (Wildman–Crippen LogP) is 1.89. The van der Waals surface area contributed by atoms with Crippen LogP contribution in [0.2, 0.25) is 0 Å². The zero-order valence-corrected chi connectivity index (χ0v) is 10.3. The van der Waals surface area contributed by atoms with Crippen LogP contribution >= 0.6 is 0 Å². The van der Waals surface area contributed by atoms with Crippen LogP contribution in [0, 0.1) is 35.0 Å². The summed E-state index contributed by atoms with van der Waals surface area (Å²) < 4.78 is 0. The van der Waals surface area contributed by atoms with Crippen LogP contribution in [0.1, 0.15) is 32.1 Å². The van der Waals surface area contributed by atoms with Gasteiger partial charge in [0, 0.05) is 12.2 Å². The fourth-order valence-electron chi connectivity index (χ4n) is 4.52. The summed E-state index contributed by atoms with van der Waals surface area (Å²) in [5.74, 6) is 2.04. The fraction of sp³-hybridized carbons (Fsp3) is 0.714. The molecule has 4 saturated carbocycles. The van der Waals surface area contributed by atoms with Crippen molar-refractivity contribution >= 4 is 5.97 Å². The van der Waals surface area contributed by atoms with Crippen LogP contribution in [0.4, 0.5) is 0 Å². The number of carboxylic acid groups (broad SMARTS) is 1. The summed E-state index contributed by atoms with van der Waals surface area (Å²) in [4.78, 5) is 10.8. The number of rotatable bonds is 3. The average Bonchev–Trinajstić information content (AvgIpc) is 2.31. The number of nitrogens with zero attached hydrogens (tertiary/aromatic N) is 1. The molecule has 0 aromatic rings. The Morgan fingerprint density at radius 2 is 1.72 bits per heavy atom. The summed E-state index contributed by atoms with van der Waals surface area (Å²) in [5, 5.41) is 20.8. The lowest BCUT2D eigenvalue weighted by Crippen LogP contribution is -2.53. The SMILES string of the molecule is N#C/C(=C\NC1C2CC3CC(C2)CC1C3)C(=O)O. The van der Waals surface area contributed by atoms with Crippen molar-refractivity contribution in [2.24, 2.45) is 23.7 Å². The standard InChI is InChI=1S/C14H18N2O2/c15-6-12(14(17)18)7-16-13-10-2-8-1-9(4-10)5-11(13)3-8/h7-11,13,16H,1-5H2,(H,17,18)/b12-7+. The van der Waals surface area contributed by atoms with E-state index in [0.29, 0.717) is 17.9 Å². The van der Waals surface area contributed by atoms with Gasteiger partial charge >= 0.3 is 5.97 Å². The van der Waals surface area contributed by atoms with Crippen LogP contribution in [0.25, 0.3) is 0 Å². The Hall–Kier alpha value is -1.50. The molecule has 4 bridgehead atoms. The van der Waals surface area contributed by atoms with Crippen LogP contribution in [-0.2, 0) is 4.79 Å². The molecule has 4 fully saturated rings. The van der Waals surface area contributed by atoms with E-state index >= 15 is 0 Å². The van der Waals surface area contributed by atoms with Crippen LogP contribution in [0.15, 0.2) is 11.8 Å². The lowest BCUT2D eigenvalue weighted by Gasteiger charge is -2.54. The van der Waals surface area contributed by atoms with Crippen LogP contribution in [0.5, 0.6) is 0 Å². The Bertz CT molecular complexity index is 408. The van der Waals surface area contributed by atoms with Crippen molar-refractivity contribution in [2.75, 3.05) is 0 Å². The molecule has 18 heavy (non-hydrogen) atoms. The molecule has 2 N–H and O–H groups in total. The van der Waals surface area contributed by atoms with Crippen LogP contribution in [-0.4, -0.2) is 17.1 Å². The number of nitriles is 1. The predicted molar refractivity (Wildman–Crippen MR) is 65.3 cm³/mol. The van der Waals surface area contributed by atoms with Gasteiger partial charge in [-0.15, -0.1) is 0 Å². The van der Waals surface area contributed by atoms with E-state index < -0.39 is 5.97 Å². The van der Waals surface area contributed by atoms with Crippen molar-refractivity contribution < 1.29 is 9.90 Å². The molecule has 0 aromatic heterocycles. The smallest absolute Gasteiger partial charge is 0.347 e. The second kappa shape index (κ2) is 4.31. The van der Waals surface area contributed by atoms with Gasteiger partial charge in [-0.25, -0.2) is 4.79 Å². The van der Waals surface area contributed by atoms with Gasteiger partial charge in [0.1, 0.15) is 6.07 Å². The quantitative estimate of drug-likeness (QED) is 0.589. The number of hydrogen-bond acceptors (Lipinski definition) is 3. The van der Waals surface area contributed by atoms with Gasteiger partial charge in [-0.3, -0.25) is 0 Å². The Balaban J connectivity index is 1.71. The summed E-state index contributed by atoms with van der Waals surface area (Å²) in [6.45, 7) is 0. The molecule has 4 nitrogen and oxygen atoms in total. The Morgan fingerprint density at radius 1 is 1.17 bits per heavy atom. The molecule has 0 atom stereocenters. The molecule has 0 unspecified atom stereocenters. The minimum Gasteiger partial charge on any atom is -0.477 e. The molecular formula is C14H18N2O2. The topological polar surface area (TPSA) is 73.1 Å². The maximum atomic E-state index is 10.8. The summed E-state index contributed by atoms with van der Waals surface area (Å²) in [6.07, 6.45) is 7.96. The fourth-order valence-corrected chi connectivity index (χ4v) is 4.52. The van der Waals surface area contributed by atoms with Gasteiger partial charge in [-0.05, 0) is 55.8 Å². The van der Waals surface area contributed by atoms with E-state index in [-0.39, 0.29) is 5.57 Å². The molecule has 0 amide bonds. The van der Waals surface area contributed by atoms with E-state index in [9.17, 15) is 4.79 Å². The van der Waals surface area contributed by atoms with Crippen molar-refractivity contribution in [3.8, 4) is 6.07 Å². The number of aliphatic carboxylic acids is 1. The zero-order chi connectivity index (χ0) is 12.7. The third-order valence-electron chi connectivity index (χ3n) is 5.00. The molecule has 4 aliphatic rings. The third kappa shape index (κ3) is 1.88. The minimum absolute atomic E-state index is 0.191. The first kappa shape index (κ1) is 11.6. The molecule has 0 heterocycles. The third-order valence-corrected chi connectivity index (χ3v) is 5.00. The highest BCUT2D eigenvalue weighted by atomic mass is 16.4. The van der Waals surface area contributed by atoms with E-state index in [1.165, 1.54) is 38.3 Å². The van der Waals surface area contributed by atoms with E-state index in [1.54, 1.807) is 6.07 Å². The Labute approximate surface area is 107 Å². The van der Waals surface area contributed by atoms with E-state index in [1.807, 2.05) is 0 Å². The summed E-state index contributed by atoms with van der Waals surface area (Å²) in [7, 11) is 0. The molecule has 0 aliphatic heterocycles. The normalized spacial score (nSPS) is 41.5. The average molecular weight is 246 g/mol. The van der Waals surface area contributed by atoms with Crippen LogP contribution in [0.3, 0.4) is 0 Å². The van der Waals surface area contributed by atoms with Crippen molar-refractivity contribution in [2.45, 2.75) is 38.1 Å². The Morgan fingerprint density at radius 3 is 2.17 bits per heavy atom. The maximum Gasteiger partial charge on any atom is 0.347 e. The number of hydrogen-bond donors (Lipinski definition) is 2. The van der Waals surface area contributed by atoms with Crippen molar-refractivity contribution in [3.63, 3.8) is 0 Å². The van der Waals surface area contributed by atoms with Gasteiger partial charge in [-0.1, -0.05) is 0 Å². The molecule has 4 rings (SSSR count). The second-order valence-electron chi connectivity index (χ2n) is 6.10. The first-order chi connectivity index (χ1) is 8.67. The van der Waals surface area contributed by atoms with Crippen molar-refractivity contribution in [3.05, 3.63) is 11.8 Å². The first-order valence-corrected chi connectivity index (χ1v) is 6.77. The highest BCUT2D eigenvalue weighted by Crippen LogP contribution is 2.53. The van der Waals surface area contributed by atoms with Crippen molar-refractivity contribution in [1.82, 2.24) is 5.32 Å². The highest BCUT2D eigenvalue weighted by molar-refractivity contribution is 5.90. The van der Waals surface area contributed by atoms with Crippen LogP contribution < -0.4 is 5.32 Å². The lowest BCUT2D eigenvalue weighted by atomic mass is 9.54. The van der Waals surface area contributed by atoms with Gasteiger partial charge in [0.15, 0.2) is 5.57 Å². The first-order valence-electron chi connectivity index (χ1n) is 6.77. The van der Waals surface area contributed by atoms with Gasteiger partial charge in [0.2, 0.25) is 0 Å². The molecule has 0 spiro atoms. The largest absolute Gasteiger partial charge is 0.477 e.